The van der Waals surface area contributed by atoms with Crippen molar-refractivity contribution in [1.29, 1.82) is 0 Å². The summed E-state index contributed by atoms with van der Waals surface area (Å²) in [5, 5.41) is 4.71. The summed E-state index contributed by atoms with van der Waals surface area (Å²) in [5.41, 5.74) is 1.21. The van der Waals surface area contributed by atoms with Crippen molar-refractivity contribution in [3.63, 3.8) is 0 Å². The maximum absolute atomic E-state index is 5.30. The second kappa shape index (κ2) is 6.41. The highest BCUT2D eigenvalue weighted by Gasteiger charge is 2.25. The molecule has 0 saturated carbocycles. The van der Waals surface area contributed by atoms with Crippen molar-refractivity contribution >= 4 is 16.5 Å². The lowest BCUT2D eigenvalue weighted by Gasteiger charge is -2.20. The van der Waals surface area contributed by atoms with E-state index >= 15 is 0 Å². The molecule has 0 spiro atoms. The first-order valence-corrected chi connectivity index (χ1v) is 8.21. The van der Waals surface area contributed by atoms with Gasteiger partial charge in [-0.2, -0.15) is 0 Å². The van der Waals surface area contributed by atoms with Gasteiger partial charge in [0.25, 0.3) is 0 Å². The van der Waals surface area contributed by atoms with Crippen molar-refractivity contribution in [3.8, 4) is 0 Å². The third kappa shape index (κ3) is 3.93. The van der Waals surface area contributed by atoms with Crippen molar-refractivity contribution in [2.45, 2.75) is 65.3 Å². The Hall–Kier alpha value is -0.650. The first kappa shape index (κ1) is 15.7. The molecule has 1 aromatic heterocycles. The molecule has 1 N–H and O–H groups in total. The SMILES string of the molecule is COCc1nc(N2CCCC2C)sc1CNC(C)(C)C. The van der Waals surface area contributed by atoms with E-state index in [0.29, 0.717) is 12.6 Å². The van der Waals surface area contributed by atoms with Crippen molar-refractivity contribution < 1.29 is 4.74 Å². The molecular weight excluding hydrogens is 270 g/mol. The van der Waals surface area contributed by atoms with Gasteiger partial charge in [-0.3, -0.25) is 0 Å². The van der Waals surface area contributed by atoms with Gasteiger partial charge in [0.15, 0.2) is 5.13 Å². The van der Waals surface area contributed by atoms with Crippen molar-refractivity contribution in [1.82, 2.24) is 10.3 Å². The Balaban J connectivity index is 2.14. The number of hydrogen-bond donors (Lipinski definition) is 1. The number of methoxy groups -OCH3 is 1. The maximum atomic E-state index is 5.30. The van der Waals surface area contributed by atoms with E-state index in [2.05, 4.69) is 37.9 Å². The summed E-state index contributed by atoms with van der Waals surface area (Å²) in [6.45, 7) is 11.4. The highest BCUT2D eigenvalue weighted by molar-refractivity contribution is 7.15. The average molecular weight is 297 g/mol. The third-order valence-electron chi connectivity index (χ3n) is 3.63. The first-order chi connectivity index (χ1) is 9.40. The van der Waals surface area contributed by atoms with E-state index in [9.17, 15) is 0 Å². The number of ether oxygens (including phenoxy) is 1. The molecule has 5 heteroatoms. The Bertz CT molecular complexity index is 439. The molecule has 1 atom stereocenters. The molecule has 0 radical (unpaired) electrons. The van der Waals surface area contributed by atoms with Gasteiger partial charge >= 0.3 is 0 Å². The minimum atomic E-state index is 0.120. The topological polar surface area (TPSA) is 37.4 Å². The van der Waals surface area contributed by atoms with Gasteiger partial charge in [0.05, 0.1) is 12.3 Å². The molecule has 2 heterocycles. The molecule has 1 aliphatic rings. The smallest absolute Gasteiger partial charge is 0.186 e. The molecule has 1 aliphatic heterocycles. The van der Waals surface area contributed by atoms with Crippen LogP contribution in [0.4, 0.5) is 5.13 Å². The van der Waals surface area contributed by atoms with Gasteiger partial charge in [-0.1, -0.05) is 0 Å². The summed E-state index contributed by atoms with van der Waals surface area (Å²) < 4.78 is 5.30. The lowest BCUT2D eigenvalue weighted by Crippen LogP contribution is -2.35. The van der Waals surface area contributed by atoms with E-state index in [0.717, 1.165) is 23.9 Å². The number of anilines is 1. The number of nitrogens with zero attached hydrogens (tertiary/aromatic N) is 2. The van der Waals surface area contributed by atoms with Crippen molar-refractivity contribution in [2.24, 2.45) is 0 Å². The molecule has 20 heavy (non-hydrogen) atoms. The summed E-state index contributed by atoms with van der Waals surface area (Å²) in [4.78, 5) is 8.55. The molecule has 0 bridgehead atoms. The predicted molar refractivity (Wildman–Crippen MR) is 85.5 cm³/mol. The van der Waals surface area contributed by atoms with Gasteiger partial charge in [-0.25, -0.2) is 4.98 Å². The van der Waals surface area contributed by atoms with Gasteiger partial charge in [0.2, 0.25) is 0 Å². The Kier molecular flexibility index (Phi) is 5.04. The second-order valence-electron chi connectivity index (χ2n) is 6.59. The molecule has 2 rings (SSSR count). The normalized spacial score (nSPS) is 19.9. The zero-order valence-corrected chi connectivity index (χ0v) is 14.1. The summed E-state index contributed by atoms with van der Waals surface area (Å²) >= 11 is 1.81. The standard InChI is InChI=1S/C15H27N3OS/c1-11-7-6-8-18(11)14-17-12(10-19-5)13(20-14)9-16-15(2,3)4/h11,16H,6-10H2,1-5H3. The van der Waals surface area contributed by atoms with Crippen LogP contribution in [0.2, 0.25) is 0 Å². The van der Waals surface area contributed by atoms with E-state index in [1.54, 1.807) is 7.11 Å². The number of aromatic nitrogens is 1. The highest BCUT2D eigenvalue weighted by atomic mass is 32.1. The van der Waals surface area contributed by atoms with E-state index in [1.165, 1.54) is 17.7 Å². The molecule has 1 unspecified atom stereocenters. The Morgan fingerprint density at radius 1 is 1.45 bits per heavy atom. The molecule has 1 aromatic rings. The van der Waals surface area contributed by atoms with E-state index in [1.807, 2.05) is 11.3 Å². The number of hydrogen-bond acceptors (Lipinski definition) is 5. The summed E-state index contributed by atoms with van der Waals surface area (Å²) in [6, 6.07) is 0.611. The van der Waals surface area contributed by atoms with Crippen molar-refractivity contribution in [3.05, 3.63) is 10.6 Å². The molecule has 1 saturated heterocycles. The fourth-order valence-electron chi connectivity index (χ4n) is 2.44. The van der Waals surface area contributed by atoms with Crippen LogP contribution in [-0.4, -0.2) is 30.2 Å². The minimum Gasteiger partial charge on any atom is -0.378 e. The van der Waals surface area contributed by atoms with Gasteiger partial charge in [-0.15, -0.1) is 11.3 Å². The van der Waals surface area contributed by atoms with Crippen LogP contribution in [0.25, 0.3) is 0 Å². The first-order valence-electron chi connectivity index (χ1n) is 7.40. The third-order valence-corrected chi connectivity index (χ3v) is 4.76. The lowest BCUT2D eigenvalue weighted by atomic mass is 10.1. The molecule has 114 valence electrons. The van der Waals surface area contributed by atoms with Gasteiger partial charge in [0, 0.05) is 36.7 Å². The highest BCUT2D eigenvalue weighted by Crippen LogP contribution is 2.32. The zero-order chi connectivity index (χ0) is 14.8. The molecule has 1 fully saturated rings. The Morgan fingerprint density at radius 2 is 2.20 bits per heavy atom. The fourth-order valence-corrected chi connectivity index (χ4v) is 3.57. The Morgan fingerprint density at radius 3 is 2.75 bits per heavy atom. The van der Waals surface area contributed by atoms with Crippen LogP contribution in [0.3, 0.4) is 0 Å². The van der Waals surface area contributed by atoms with E-state index in [4.69, 9.17) is 9.72 Å². The number of rotatable bonds is 5. The lowest BCUT2D eigenvalue weighted by molar-refractivity contribution is 0.181. The largest absolute Gasteiger partial charge is 0.378 e. The molecular formula is C15H27N3OS. The average Bonchev–Trinajstić information content (AvgIpc) is 2.92. The maximum Gasteiger partial charge on any atom is 0.186 e. The van der Waals surface area contributed by atoms with E-state index < -0.39 is 0 Å². The van der Waals surface area contributed by atoms with Crippen LogP contribution < -0.4 is 10.2 Å². The van der Waals surface area contributed by atoms with Gasteiger partial charge < -0.3 is 15.0 Å². The summed E-state index contributed by atoms with van der Waals surface area (Å²) in [6.07, 6.45) is 2.55. The number of thiazole rings is 1. The van der Waals surface area contributed by atoms with Gasteiger partial charge in [-0.05, 0) is 40.5 Å². The zero-order valence-electron chi connectivity index (χ0n) is 13.3. The van der Waals surface area contributed by atoms with Gasteiger partial charge in [0.1, 0.15) is 0 Å². The van der Waals surface area contributed by atoms with Crippen LogP contribution in [0.1, 0.15) is 51.1 Å². The summed E-state index contributed by atoms with van der Waals surface area (Å²) in [5.74, 6) is 0. The van der Waals surface area contributed by atoms with Crippen LogP contribution >= 0.6 is 11.3 Å². The quantitative estimate of drug-likeness (QED) is 0.906. The second-order valence-corrected chi connectivity index (χ2v) is 7.65. The Labute approximate surface area is 126 Å². The number of nitrogens with one attached hydrogen (secondary N) is 1. The fraction of sp³-hybridized carbons (Fsp3) is 0.800. The van der Waals surface area contributed by atoms with Crippen LogP contribution in [0.5, 0.6) is 0 Å². The monoisotopic (exact) mass is 297 g/mol. The predicted octanol–water partition coefficient (Wildman–Crippen LogP) is 3.17. The van der Waals surface area contributed by atoms with Crippen molar-refractivity contribution in [2.75, 3.05) is 18.6 Å². The minimum absolute atomic E-state index is 0.120. The molecule has 0 aliphatic carbocycles. The van der Waals surface area contributed by atoms with Crippen LogP contribution in [0, 0.1) is 0 Å². The summed E-state index contributed by atoms with van der Waals surface area (Å²) in [7, 11) is 1.73. The van der Waals surface area contributed by atoms with Crippen LogP contribution in [0.15, 0.2) is 0 Å². The van der Waals surface area contributed by atoms with Crippen LogP contribution in [-0.2, 0) is 17.9 Å². The molecule has 0 amide bonds. The molecule has 0 aromatic carbocycles. The molecule has 4 nitrogen and oxygen atoms in total. The van der Waals surface area contributed by atoms with E-state index in [-0.39, 0.29) is 5.54 Å².